The number of benzene rings is 4. The largest absolute Gasteiger partial charge is 0.497 e. The summed E-state index contributed by atoms with van der Waals surface area (Å²) in [5, 5.41) is 22.3. The number of rotatable bonds is 12. The van der Waals surface area contributed by atoms with Crippen LogP contribution >= 0.6 is 22.6 Å². The molecule has 2 fully saturated rings. The van der Waals surface area contributed by atoms with E-state index in [0.717, 1.165) is 96.3 Å². The third-order valence-corrected chi connectivity index (χ3v) is 13.7. The molecule has 5 N–H and O–H groups in total. The third-order valence-electron chi connectivity index (χ3n) is 12.9. The van der Waals surface area contributed by atoms with Gasteiger partial charge in [0.2, 0.25) is 0 Å². The molecule has 2 aliphatic heterocycles. The van der Waals surface area contributed by atoms with Gasteiger partial charge in [0.15, 0.2) is 17.1 Å². The molecule has 4 aromatic heterocycles. The lowest BCUT2D eigenvalue weighted by Gasteiger charge is -2.24. The number of halogens is 1. The number of fused-ring (bicyclic) bond motifs is 2. The summed E-state index contributed by atoms with van der Waals surface area (Å²) in [7, 11) is 3.33. The Kier molecular flexibility index (Phi) is 18.5. The number of ether oxygens (including phenoxy) is 4. The number of carbonyl (C=O) groups is 2. The summed E-state index contributed by atoms with van der Waals surface area (Å²) in [4.78, 5) is 36.8. The van der Waals surface area contributed by atoms with Crippen molar-refractivity contribution in [2.45, 2.75) is 105 Å². The van der Waals surface area contributed by atoms with E-state index in [4.69, 9.17) is 39.9 Å². The van der Waals surface area contributed by atoms with Crippen molar-refractivity contribution in [2.75, 3.05) is 56.3 Å². The van der Waals surface area contributed by atoms with Crippen molar-refractivity contribution in [3.63, 3.8) is 0 Å². The number of carbonyl (C=O) groups excluding carboxylic acids is 2. The SMILES string of the molecule is CC(C)(C)OC(=O)N1CC[C@@H](N)C1.COc1ccc(Cn2nc(I)c3c(Nc4ccc(C)cc4)ccnc32)cc1.COc1ccc(Cn2nc(N[C@@H]3CCN(C(=O)OC(C)(C)C)C3)c3c(Nc4ccc(C)cc4)ccnc32)cc1. The molecule has 0 bridgehead atoms. The number of likely N-dealkylation sites (tertiary alicyclic amines) is 2. The molecule has 4 aromatic carbocycles. The van der Waals surface area contributed by atoms with Crippen LogP contribution in [-0.2, 0) is 22.6 Å². The van der Waals surface area contributed by atoms with Gasteiger partial charge >= 0.3 is 12.2 Å². The minimum Gasteiger partial charge on any atom is -0.497 e. The normalized spacial score (nSPS) is 15.2. The van der Waals surface area contributed by atoms with Gasteiger partial charge in [-0.15, -0.1) is 0 Å². The van der Waals surface area contributed by atoms with Crippen LogP contribution in [0.2, 0.25) is 0 Å². The van der Waals surface area contributed by atoms with Gasteiger partial charge in [-0.3, -0.25) is 0 Å². The number of aromatic nitrogens is 6. The van der Waals surface area contributed by atoms with Crippen LogP contribution < -0.4 is 31.2 Å². The summed E-state index contributed by atoms with van der Waals surface area (Å²) < 4.78 is 26.1. The summed E-state index contributed by atoms with van der Waals surface area (Å²) in [6, 6.07) is 36.7. The quantitative estimate of drug-likeness (QED) is 0.0842. The van der Waals surface area contributed by atoms with Crippen LogP contribution in [0.4, 0.5) is 38.2 Å². The van der Waals surface area contributed by atoms with Crippen LogP contribution in [0.25, 0.3) is 22.1 Å². The average molecular weight is 1190 g/mol. The summed E-state index contributed by atoms with van der Waals surface area (Å²) >= 11 is 2.27. The van der Waals surface area contributed by atoms with E-state index in [9.17, 15) is 9.59 Å². The van der Waals surface area contributed by atoms with Crippen LogP contribution in [0.1, 0.15) is 76.6 Å². The van der Waals surface area contributed by atoms with Crippen LogP contribution in [0.15, 0.2) is 122 Å². The molecule has 6 heterocycles. The van der Waals surface area contributed by atoms with Gasteiger partial charge in [0.05, 0.1) is 49.5 Å². The maximum atomic E-state index is 12.6. The van der Waals surface area contributed by atoms with Gasteiger partial charge in [0.25, 0.3) is 0 Å². The highest BCUT2D eigenvalue weighted by Gasteiger charge is 2.32. The van der Waals surface area contributed by atoms with Crippen LogP contribution in [0, 0.1) is 17.5 Å². The van der Waals surface area contributed by atoms with Crippen LogP contribution in [-0.4, -0.2) is 115 Å². The number of hydrogen-bond donors (Lipinski definition) is 4. The standard InChI is InChI=1S/C30H36N6O3.C21H19IN4O.C9H18N2O2/c1-20-6-10-22(11-7-20)32-25-14-16-31-28-26(25)27(34-36(28)18-21-8-12-24(38-5)13-9-21)33-23-15-17-35(19-23)29(37)39-30(2,3)4;1-14-3-7-16(8-4-14)24-18-11-12-23-21-19(18)20(22)25-26(21)13-15-5-9-17(27-2)10-6-15;1-9(2,3)13-8(12)11-5-4-7(10)6-11/h6-14,16,23H,15,17-19H2,1-5H3,(H,31,32)(H,33,34);3-12H,13H2,1-2H3,(H,23,24);7H,4-6,10H2,1-3H3/t23-;;7-/m1.1/s1. The van der Waals surface area contributed by atoms with E-state index < -0.39 is 11.2 Å². The highest BCUT2D eigenvalue weighted by Crippen LogP contribution is 2.34. The fourth-order valence-corrected chi connectivity index (χ4v) is 9.71. The molecule has 2 saturated heterocycles. The molecular weight excluding hydrogens is 1110 g/mol. The van der Waals surface area contributed by atoms with Crippen molar-refractivity contribution >= 4 is 85.4 Å². The van der Waals surface area contributed by atoms with E-state index in [-0.39, 0.29) is 24.3 Å². The first-order valence-corrected chi connectivity index (χ1v) is 27.6. The second-order valence-corrected chi connectivity index (χ2v) is 22.8. The van der Waals surface area contributed by atoms with Crippen LogP contribution in [0.5, 0.6) is 11.5 Å². The second-order valence-electron chi connectivity index (χ2n) is 21.8. The Hall–Kier alpha value is -7.65. The number of nitrogens with two attached hydrogens (primary N) is 1. The zero-order valence-electron chi connectivity index (χ0n) is 46.8. The summed E-state index contributed by atoms with van der Waals surface area (Å²) in [6.07, 6.45) is 4.76. The summed E-state index contributed by atoms with van der Waals surface area (Å²) in [6.45, 7) is 19.1. The number of hydrogen-bond acceptors (Lipinski definition) is 14. The zero-order valence-corrected chi connectivity index (χ0v) is 49.0. The first-order chi connectivity index (χ1) is 37.7. The third kappa shape index (κ3) is 15.8. The lowest BCUT2D eigenvalue weighted by atomic mass is 10.2. The number of methoxy groups -OCH3 is 2. The summed E-state index contributed by atoms with van der Waals surface area (Å²) in [5.41, 5.74) is 15.0. The number of anilines is 5. The van der Waals surface area contributed by atoms with E-state index in [1.807, 2.05) is 118 Å². The van der Waals surface area contributed by atoms with Crippen LogP contribution in [0.3, 0.4) is 0 Å². The first-order valence-electron chi connectivity index (χ1n) is 26.5. The first kappa shape index (κ1) is 57.5. The number of nitrogens with zero attached hydrogens (tertiary/aromatic N) is 8. The molecule has 0 saturated carbocycles. The van der Waals surface area contributed by atoms with Gasteiger partial charge in [-0.2, -0.15) is 10.2 Å². The molecular formula is C60H73IN12O6. The van der Waals surface area contributed by atoms with Gasteiger partial charge in [0, 0.05) is 62.0 Å². The number of aryl methyl sites for hydroxylation is 2. The maximum absolute atomic E-state index is 12.6. The number of amides is 2. The van der Waals surface area contributed by atoms with Gasteiger partial charge in [0.1, 0.15) is 26.4 Å². The molecule has 8 aromatic rings. The fraction of sp³-hybridized carbons (Fsp3) is 0.367. The van der Waals surface area contributed by atoms with Gasteiger partial charge in [-0.25, -0.2) is 28.9 Å². The number of pyridine rings is 2. The molecule has 2 amide bonds. The average Bonchev–Trinajstić information content (AvgIpc) is 4.30. The topological polar surface area (TPSA) is 201 Å². The Labute approximate surface area is 476 Å². The Morgan fingerprint density at radius 3 is 1.51 bits per heavy atom. The fourth-order valence-electron chi connectivity index (χ4n) is 8.92. The van der Waals surface area contributed by atoms with Gasteiger partial charge < -0.3 is 50.4 Å². The molecule has 0 radical (unpaired) electrons. The molecule has 18 nitrogen and oxygen atoms in total. The zero-order chi connectivity index (χ0) is 56.4. The lowest BCUT2D eigenvalue weighted by Crippen LogP contribution is -2.36. The Bertz CT molecular complexity index is 3320. The Balaban J connectivity index is 0.000000177. The van der Waals surface area contributed by atoms with E-state index in [2.05, 4.69) is 106 Å². The maximum Gasteiger partial charge on any atom is 0.410 e. The van der Waals surface area contributed by atoms with Crippen molar-refractivity contribution in [3.05, 3.63) is 148 Å². The van der Waals surface area contributed by atoms with E-state index in [1.165, 1.54) is 11.1 Å². The molecule has 416 valence electrons. The van der Waals surface area contributed by atoms with Crippen molar-refractivity contribution in [3.8, 4) is 11.5 Å². The van der Waals surface area contributed by atoms with Gasteiger partial charge in [-0.1, -0.05) is 59.7 Å². The van der Waals surface area contributed by atoms with Crippen molar-refractivity contribution < 1.29 is 28.5 Å². The molecule has 79 heavy (non-hydrogen) atoms. The highest BCUT2D eigenvalue weighted by atomic mass is 127. The van der Waals surface area contributed by atoms with Gasteiger partial charge in [-0.05, 0) is 163 Å². The summed E-state index contributed by atoms with van der Waals surface area (Å²) in [5.74, 6) is 2.39. The van der Waals surface area contributed by atoms with Crippen molar-refractivity contribution in [2.24, 2.45) is 5.73 Å². The smallest absolute Gasteiger partial charge is 0.410 e. The second kappa shape index (κ2) is 25.4. The predicted molar refractivity (Wildman–Crippen MR) is 321 cm³/mol. The van der Waals surface area contributed by atoms with E-state index >= 15 is 0 Å². The molecule has 19 heteroatoms. The number of nitrogens with one attached hydrogen (secondary N) is 3. The minimum absolute atomic E-state index is 0.0393. The molecule has 10 rings (SSSR count). The molecule has 0 unspecified atom stereocenters. The highest BCUT2D eigenvalue weighted by molar-refractivity contribution is 14.1. The monoisotopic (exact) mass is 1180 g/mol. The van der Waals surface area contributed by atoms with Crippen molar-refractivity contribution in [1.29, 1.82) is 0 Å². The predicted octanol–water partition coefficient (Wildman–Crippen LogP) is 12.1. The minimum atomic E-state index is -0.527. The molecule has 2 aliphatic rings. The van der Waals surface area contributed by atoms with E-state index in [0.29, 0.717) is 32.7 Å². The lowest BCUT2D eigenvalue weighted by molar-refractivity contribution is 0.0282. The Morgan fingerprint density at radius 1 is 0.608 bits per heavy atom. The molecule has 2 atom stereocenters. The van der Waals surface area contributed by atoms with E-state index in [1.54, 1.807) is 30.2 Å². The Morgan fingerprint density at radius 2 is 1.05 bits per heavy atom. The molecule has 0 aliphatic carbocycles. The molecule has 0 spiro atoms. The van der Waals surface area contributed by atoms with Crippen molar-refractivity contribution in [1.82, 2.24) is 39.3 Å².